The maximum absolute atomic E-state index is 5.98. The molecule has 0 bridgehead atoms. The summed E-state index contributed by atoms with van der Waals surface area (Å²) in [6, 6.07) is -0.00484. The summed E-state index contributed by atoms with van der Waals surface area (Å²) in [4.78, 5) is 0. The first-order valence-corrected chi connectivity index (χ1v) is 6.86. The molecule has 0 saturated carbocycles. The molecule has 1 saturated heterocycles. The van der Waals surface area contributed by atoms with Crippen molar-refractivity contribution < 1.29 is 23.7 Å². The Morgan fingerprint density at radius 3 is 2.32 bits per heavy atom. The molecule has 1 fully saturated rings. The van der Waals surface area contributed by atoms with Gasteiger partial charge in [-0.15, -0.1) is 0 Å². The molecule has 5 atom stereocenters. The van der Waals surface area contributed by atoms with E-state index in [0.29, 0.717) is 19.1 Å². The van der Waals surface area contributed by atoms with Crippen molar-refractivity contribution in [1.82, 2.24) is 0 Å². The molecule has 0 aromatic carbocycles. The second kappa shape index (κ2) is 8.22. The second-order valence-corrected chi connectivity index (χ2v) is 5.35. The Morgan fingerprint density at radius 1 is 1.16 bits per heavy atom. The fourth-order valence-corrected chi connectivity index (χ4v) is 2.46. The lowest BCUT2D eigenvalue weighted by Gasteiger charge is -2.26. The van der Waals surface area contributed by atoms with Crippen molar-refractivity contribution in [3.63, 3.8) is 0 Å². The molecule has 0 aromatic heterocycles. The minimum atomic E-state index is -0.0976. The normalized spacial score (nSPS) is 32.9. The van der Waals surface area contributed by atoms with Crippen LogP contribution in [-0.4, -0.2) is 72.8 Å². The Bertz CT molecular complexity index is 251. The van der Waals surface area contributed by atoms with Gasteiger partial charge in [0, 0.05) is 21.3 Å². The van der Waals surface area contributed by atoms with E-state index in [2.05, 4.69) is 13.8 Å². The van der Waals surface area contributed by atoms with Crippen molar-refractivity contribution >= 4 is 7.85 Å². The predicted octanol–water partition coefficient (Wildman–Crippen LogP) is 0.0620. The highest BCUT2D eigenvalue weighted by Gasteiger charge is 2.43. The zero-order valence-electron chi connectivity index (χ0n) is 12.9. The Hall–Kier alpha value is -0.135. The highest BCUT2D eigenvalue weighted by atomic mass is 16.6. The van der Waals surface area contributed by atoms with E-state index in [9.17, 15) is 0 Å². The molecule has 0 spiro atoms. The molecule has 1 aliphatic rings. The Kier molecular flexibility index (Phi) is 7.32. The van der Waals surface area contributed by atoms with Gasteiger partial charge < -0.3 is 23.7 Å². The van der Waals surface area contributed by atoms with Crippen LogP contribution in [-0.2, 0) is 23.7 Å². The zero-order chi connectivity index (χ0) is 14.4. The van der Waals surface area contributed by atoms with E-state index in [1.165, 1.54) is 0 Å². The van der Waals surface area contributed by atoms with E-state index >= 15 is 0 Å². The van der Waals surface area contributed by atoms with E-state index in [4.69, 9.17) is 23.7 Å². The number of hydrogen-bond donors (Lipinski definition) is 0. The molecule has 1 unspecified atom stereocenters. The number of methoxy groups -OCH3 is 3. The highest BCUT2D eigenvalue weighted by molar-refractivity contribution is 6.11. The Labute approximate surface area is 117 Å². The van der Waals surface area contributed by atoms with Gasteiger partial charge in [-0.25, -0.2) is 0 Å². The van der Waals surface area contributed by atoms with Crippen LogP contribution in [0.5, 0.6) is 0 Å². The molecule has 1 aliphatic heterocycles. The molecule has 0 amide bonds. The van der Waals surface area contributed by atoms with Crippen LogP contribution in [0.4, 0.5) is 0 Å². The van der Waals surface area contributed by atoms with Gasteiger partial charge >= 0.3 is 0 Å². The van der Waals surface area contributed by atoms with Crippen LogP contribution < -0.4 is 0 Å². The number of hydrogen-bond acceptors (Lipinski definition) is 5. The van der Waals surface area contributed by atoms with Crippen LogP contribution in [0, 0.1) is 5.92 Å². The van der Waals surface area contributed by atoms with Crippen molar-refractivity contribution in [1.29, 1.82) is 0 Å². The summed E-state index contributed by atoms with van der Waals surface area (Å²) in [5.74, 6) is 0.415. The molecule has 0 N–H and O–H groups in total. The first-order chi connectivity index (χ1) is 9.04. The van der Waals surface area contributed by atoms with Crippen LogP contribution in [0.2, 0.25) is 0 Å². The van der Waals surface area contributed by atoms with Crippen molar-refractivity contribution in [3.8, 4) is 0 Å². The summed E-state index contributed by atoms with van der Waals surface area (Å²) in [6.07, 6.45) is -0.164. The van der Waals surface area contributed by atoms with Crippen LogP contribution in [0.1, 0.15) is 13.8 Å². The molecule has 0 radical (unpaired) electrons. The van der Waals surface area contributed by atoms with Crippen LogP contribution in [0.3, 0.4) is 0 Å². The summed E-state index contributed by atoms with van der Waals surface area (Å²) in [5.41, 5.74) is 0. The molecular weight excluding hydrogens is 247 g/mol. The third-order valence-electron chi connectivity index (χ3n) is 3.64. The molecule has 0 aromatic rings. The van der Waals surface area contributed by atoms with Gasteiger partial charge in [0.05, 0.1) is 25.3 Å². The Balaban J connectivity index is 2.55. The van der Waals surface area contributed by atoms with Crippen molar-refractivity contribution in [3.05, 3.63) is 0 Å². The summed E-state index contributed by atoms with van der Waals surface area (Å²) < 4.78 is 27.9. The second-order valence-electron chi connectivity index (χ2n) is 5.35. The molecule has 0 aliphatic carbocycles. The average Bonchev–Trinajstić information content (AvgIpc) is 2.66. The molecule has 1 heterocycles. The molecular formula is C13H27BO5. The Morgan fingerprint density at radius 2 is 1.84 bits per heavy atom. The van der Waals surface area contributed by atoms with E-state index < -0.39 is 0 Å². The highest BCUT2D eigenvalue weighted by Crippen LogP contribution is 2.25. The van der Waals surface area contributed by atoms with E-state index in [-0.39, 0.29) is 30.4 Å². The zero-order valence-corrected chi connectivity index (χ0v) is 12.9. The topological polar surface area (TPSA) is 46.2 Å². The lowest BCUT2D eigenvalue weighted by Crippen LogP contribution is -2.40. The van der Waals surface area contributed by atoms with Gasteiger partial charge in [-0.05, 0) is 5.92 Å². The molecule has 112 valence electrons. The van der Waals surface area contributed by atoms with Gasteiger partial charge in [0.1, 0.15) is 26.2 Å². The fourth-order valence-electron chi connectivity index (χ4n) is 2.46. The predicted molar refractivity (Wildman–Crippen MR) is 75.3 cm³/mol. The number of ether oxygens (including phenoxy) is 5. The monoisotopic (exact) mass is 274 g/mol. The van der Waals surface area contributed by atoms with Gasteiger partial charge in [0.2, 0.25) is 0 Å². The third kappa shape index (κ3) is 4.43. The van der Waals surface area contributed by atoms with Crippen molar-refractivity contribution in [2.24, 2.45) is 5.92 Å². The van der Waals surface area contributed by atoms with Gasteiger partial charge in [-0.2, -0.15) is 0 Å². The van der Waals surface area contributed by atoms with E-state index in [1.54, 1.807) is 21.3 Å². The third-order valence-corrected chi connectivity index (χ3v) is 3.64. The largest absolute Gasteiger partial charge is 0.382 e. The van der Waals surface area contributed by atoms with Crippen molar-refractivity contribution in [2.75, 3.05) is 34.5 Å². The van der Waals surface area contributed by atoms with Crippen molar-refractivity contribution in [2.45, 2.75) is 44.3 Å². The minimum Gasteiger partial charge on any atom is -0.382 e. The molecule has 6 heteroatoms. The maximum Gasteiger partial charge on any atom is 0.142 e. The smallest absolute Gasteiger partial charge is 0.142 e. The summed E-state index contributed by atoms with van der Waals surface area (Å²) in [7, 11) is 7.06. The first-order valence-electron chi connectivity index (χ1n) is 6.86. The molecule has 19 heavy (non-hydrogen) atoms. The van der Waals surface area contributed by atoms with E-state index in [1.807, 2.05) is 7.85 Å². The average molecular weight is 274 g/mol. The summed E-state index contributed by atoms with van der Waals surface area (Å²) in [6.45, 7) is 5.30. The summed E-state index contributed by atoms with van der Waals surface area (Å²) in [5, 5.41) is 0. The molecule has 5 nitrogen and oxygen atoms in total. The quantitative estimate of drug-likeness (QED) is 0.586. The van der Waals surface area contributed by atoms with Crippen LogP contribution >= 0.6 is 0 Å². The van der Waals surface area contributed by atoms with Gasteiger partial charge in [-0.3, -0.25) is 0 Å². The lowest BCUT2D eigenvalue weighted by molar-refractivity contribution is -0.0870. The number of rotatable bonds is 8. The standard InChI is InChI=1S/C13H27BO5/c1-8(2)9(16-4)7-18-12-11(17-5)10(6-15-3)19-13(12)14/h8-13H,6-7,14H2,1-5H3/t9-,10+,11?,12-,13+/m0/s1. The van der Waals surface area contributed by atoms with Crippen LogP contribution in [0.15, 0.2) is 0 Å². The fraction of sp³-hybridized carbons (Fsp3) is 1.00. The van der Waals surface area contributed by atoms with Gasteiger partial charge in [-0.1, -0.05) is 13.8 Å². The molecule has 1 rings (SSSR count). The first kappa shape index (κ1) is 16.9. The summed E-state index contributed by atoms with van der Waals surface area (Å²) >= 11 is 0. The lowest BCUT2D eigenvalue weighted by atomic mass is 9.92. The van der Waals surface area contributed by atoms with Gasteiger partial charge in [0.15, 0.2) is 0 Å². The van der Waals surface area contributed by atoms with E-state index in [0.717, 1.165) is 0 Å². The van der Waals surface area contributed by atoms with Gasteiger partial charge in [0.25, 0.3) is 0 Å². The maximum atomic E-state index is 5.98. The van der Waals surface area contributed by atoms with Crippen LogP contribution in [0.25, 0.3) is 0 Å². The minimum absolute atomic E-state index is 0.00484. The SMILES string of the molecule is B[C@@H]1O[C@H](COC)C(OC)[C@@H]1OC[C@H](OC)C(C)C.